The van der Waals surface area contributed by atoms with E-state index in [-0.39, 0.29) is 24.5 Å². The number of hydrogen-bond donors (Lipinski definition) is 1. The summed E-state index contributed by atoms with van der Waals surface area (Å²) in [6, 6.07) is 8.56. The molecule has 0 radical (unpaired) electrons. The fraction of sp³-hybridized carbons (Fsp3) is 0.548. The molecule has 0 spiro atoms. The number of aliphatic hydroxyl groups is 1. The molecule has 7 atom stereocenters. The highest BCUT2D eigenvalue weighted by Gasteiger charge is 2.62. The average molecular weight is 541 g/mol. The fourth-order valence-electron chi connectivity index (χ4n) is 5.73. The standard InChI is InChI=1S/C31H40O8/c1-18-13-14-30(6,7)26(35)16-25(34)19(2)15-24-27(38-29(36)23-11-9-8-10-12-23)20(3)17-31(24,39-22(5)33)28(18)37-21(4)32/h8-15,18,20,24-25,27-28,34H,16-17H2,1-7H3/b14-13+,19-15+/t18-,20-,24+,25-,27+,28-,31-/m1/s1. The van der Waals surface area contributed by atoms with E-state index < -0.39 is 59.1 Å². The molecule has 0 unspecified atom stereocenters. The van der Waals surface area contributed by atoms with E-state index in [0.29, 0.717) is 11.1 Å². The summed E-state index contributed by atoms with van der Waals surface area (Å²) in [5.74, 6) is -3.40. The van der Waals surface area contributed by atoms with Crippen molar-refractivity contribution in [2.45, 2.75) is 85.2 Å². The molecule has 212 valence electrons. The maximum atomic E-state index is 13.2. The van der Waals surface area contributed by atoms with Crippen molar-refractivity contribution >= 4 is 23.7 Å². The molecular weight excluding hydrogens is 500 g/mol. The molecule has 0 heterocycles. The molecule has 0 aliphatic heterocycles. The normalized spacial score (nSPS) is 34.8. The monoisotopic (exact) mass is 540 g/mol. The first-order chi connectivity index (χ1) is 18.2. The van der Waals surface area contributed by atoms with E-state index in [1.54, 1.807) is 69.3 Å². The molecule has 1 saturated carbocycles. The molecular formula is C31H40O8. The van der Waals surface area contributed by atoms with Crippen molar-refractivity contribution < 1.29 is 38.5 Å². The van der Waals surface area contributed by atoms with Gasteiger partial charge in [0, 0.05) is 31.6 Å². The van der Waals surface area contributed by atoms with E-state index in [0.717, 1.165) is 0 Å². The SMILES string of the molecule is CC(=O)O[C@@H]1[C@H](C)/C=C/C(C)(C)C(=O)C[C@@H](O)/C(C)=C/[C@H]2[C@@H](OC(=O)c3ccccc3)[C@H](C)C[C@]12OC(C)=O. The highest BCUT2D eigenvalue weighted by molar-refractivity contribution is 5.89. The summed E-state index contributed by atoms with van der Waals surface area (Å²) >= 11 is 0. The van der Waals surface area contributed by atoms with E-state index in [1.807, 2.05) is 13.8 Å². The Hall–Kier alpha value is -3.26. The summed E-state index contributed by atoms with van der Waals surface area (Å²) in [5, 5.41) is 11.0. The highest BCUT2D eigenvalue weighted by atomic mass is 16.6. The summed E-state index contributed by atoms with van der Waals surface area (Å²) in [5.41, 5.74) is -1.46. The maximum absolute atomic E-state index is 13.2. The first-order valence-corrected chi connectivity index (χ1v) is 13.4. The first kappa shape index (κ1) is 30.3. The number of ether oxygens (including phenoxy) is 3. The second-order valence-corrected chi connectivity index (χ2v) is 11.5. The second kappa shape index (κ2) is 11.9. The molecule has 2 aliphatic rings. The number of fused-ring (bicyclic) bond motifs is 1. The molecule has 0 amide bonds. The first-order valence-electron chi connectivity index (χ1n) is 13.4. The minimum absolute atomic E-state index is 0.112. The summed E-state index contributed by atoms with van der Waals surface area (Å²) < 4.78 is 18.0. The van der Waals surface area contributed by atoms with Crippen LogP contribution in [0.25, 0.3) is 0 Å². The minimum Gasteiger partial charge on any atom is -0.458 e. The third kappa shape index (κ3) is 6.67. The Morgan fingerprint density at radius 1 is 1.00 bits per heavy atom. The number of carbonyl (C=O) groups is 4. The van der Waals surface area contributed by atoms with Crippen LogP contribution in [0.4, 0.5) is 0 Å². The number of carbonyl (C=O) groups excluding carboxylic acids is 4. The lowest BCUT2D eigenvalue weighted by atomic mass is 9.75. The van der Waals surface area contributed by atoms with Crippen LogP contribution in [0.2, 0.25) is 0 Å². The Morgan fingerprint density at radius 3 is 2.23 bits per heavy atom. The average Bonchev–Trinajstić information content (AvgIpc) is 3.10. The Morgan fingerprint density at radius 2 is 1.64 bits per heavy atom. The Balaban J connectivity index is 2.23. The number of hydrogen-bond acceptors (Lipinski definition) is 8. The molecule has 1 aromatic rings. The summed E-state index contributed by atoms with van der Waals surface area (Å²) in [6.07, 6.45) is 2.53. The van der Waals surface area contributed by atoms with Crippen LogP contribution >= 0.6 is 0 Å². The summed E-state index contributed by atoms with van der Waals surface area (Å²) in [6.45, 7) is 11.5. The minimum atomic E-state index is -1.41. The number of ketones is 1. The van der Waals surface area contributed by atoms with E-state index >= 15 is 0 Å². The van der Waals surface area contributed by atoms with Crippen LogP contribution in [0.3, 0.4) is 0 Å². The number of rotatable bonds is 4. The van der Waals surface area contributed by atoms with Crippen LogP contribution in [0.1, 0.15) is 71.7 Å². The molecule has 2 aliphatic carbocycles. The van der Waals surface area contributed by atoms with Gasteiger partial charge in [0.15, 0.2) is 5.60 Å². The van der Waals surface area contributed by atoms with Gasteiger partial charge in [0.1, 0.15) is 18.0 Å². The van der Waals surface area contributed by atoms with Crippen molar-refractivity contribution in [3.8, 4) is 0 Å². The van der Waals surface area contributed by atoms with Crippen LogP contribution in [0.15, 0.2) is 54.1 Å². The number of benzene rings is 1. The molecule has 1 aromatic carbocycles. The van der Waals surface area contributed by atoms with Crippen LogP contribution < -0.4 is 0 Å². The van der Waals surface area contributed by atoms with Gasteiger partial charge in [-0.05, 0) is 50.8 Å². The lowest BCUT2D eigenvalue weighted by Gasteiger charge is -2.43. The lowest BCUT2D eigenvalue weighted by Crippen LogP contribution is -2.55. The zero-order valence-electron chi connectivity index (χ0n) is 23.8. The van der Waals surface area contributed by atoms with Gasteiger partial charge in [-0.2, -0.15) is 0 Å². The van der Waals surface area contributed by atoms with E-state index in [1.165, 1.54) is 13.8 Å². The zero-order valence-corrected chi connectivity index (χ0v) is 23.8. The number of allylic oxidation sites excluding steroid dienone is 1. The molecule has 0 bridgehead atoms. The van der Waals surface area contributed by atoms with Crippen molar-refractivity contribution in [3.05, 3.63) is 59.7 Å². The third-order valence-corrected chi connectivity index (χ3v) is 7.84. The van der Waals surface area contributed by atoms with Gasteiger partial charge in [0.2, 0.25) is 0 Å². The quantitative estimate of drug-likeness (QED) is 0.335. The van der Waals surface area contributed by atoms with Crippen LogP contribution in [-0.2, 0) is 28.6 Å². The van der Waals surface area contributed by atoms with Crippen LogP contribution in [0, 0.1) is 23.2 Å². The van der Waals surface area contributed by atoms with Gasteiger partial charge in [-0.3, -0.25) is 14.4 Å². The maximum Gasteiger partial charge on any atom is 0.338 e. The topological polar surface area (TPSA) is 116 Å². The lowest BCUT2D eigenvalue weighted by molar-refractivity contribution is -0.195. The smallest absolute Gasteiger partial charge is 0.338 e. The predicted molar refractivity (Wildman–Crippen MR) is 144 cm³/mol. The molecule has 0 aromatic heterocycles. The molecule has 1 fully saturated rings. The Labute approximate surface area is 230 Å². The van der Waals surface area contributed by atoms with Crippen molar-refractivity contribution in [2.75, 3.05) is 0 Å². The number of esters is 3. The van der Waals surface area contributed by atoms with Crippen LogP contribution in [0.5, 0.6) is 0 Å². The number of aliphatic hydroxyl groups excluding tert-OH is 1. The summed E-state index contributed by atoms with van der Waals surface area (Å²) in [4.78, 5) is 51.2. The molecule has 8 nitrogen and oxygen atoms in total. The summed E-state index contributed by atoms with van der Waals surface area (Å²) in [7, 11) is 0. The number of Topliss-reactive ketones (excluding diaryl/α,β-unsaturated/α-hetero) is 1. The molecule has 39 heavy (non-hydrogen) atoms. The highest BCUT2D eigenvalue weighted by Crippen LogP contribution is 2.51. The van der Waals surface area contributed by atoms with E-state index in [9.17, 15) is 24.3 Å². The van der Waals surface area contributed by atoms with E-state index in [2.05, 4.69) is 0 Å². The Bertz CT molecular complexity index is 1150. The van der Waals surface area contributed by atoms with Crippen molar-refractivity contribution in [3.63, 3.8) is 0 Å². The van der Waals surface area contributed by atoms with Gasteiger partial charge in [-0.1, -0.05) is 50.3 Å². The third-order valence-electron chi connectivity index (χ3n) is 7.84. The van der Waals surface area contributed by atoms with Crippen molar-refractivity contribution in [1.82, 2.24) is 0 Å². The second-order valence-electron chi connectivity index (χ2n) is 11.5. The van der Waals surface area contributed by atoms with Gasteiger partial charge >= 0.3 is 17.9 Å². The largest absolute Gasteiger partial charge is 0.458 e. The molecule has 3 rings (SSSR count). The molecule has 1 N–H and O–H groups in total. The zero-order chi connectivity index (χ0) is 29.1. The molecule has 0 saturated heterocycles. The fourth-order valence-corrected chi connectivity index (χ4v) is 5.73. The van der Waals surface area contributed by atoms with E-state index in [4.69, 9.17) is 14.2 Å². The van der Waals surface area contributed by atoms with Crippen molar-refractivity contribution in [1.29, 1.82) is 0 Å². The van der Waals surface area contributed by atoms with Gasteiger partial charge in [0.05, 0.1) is 17.6 Å². The van der Waals surface area contributed by atoms with Crippen molar-refractivity contribution in [2.24, 2.45) is 23.2 Å². The van der Waals surface area contributed by atoms with Gasteiger partial charge in [-0.15, -0.1) is 0 Å². The van der Waals surface area contributed by atoms with Gasteiger partial charge in [-0.25, -0.2) is 4.79 Å². The van der Waals surface area contributed by atoms with Gasteiger partial charge < -0.3 is 19.3 Å². The molecule has 8 heteroatoms. The van der Waals surface area contributed by atoms with Gasteiger partial charge in [0.25, 0.3) is 0 Å². The van der Waals surface area contributed by atoms with Crippen LogP contribution in [-0.4, -0.2) is 52.7 Å². The Kier molecular flexibility index (Phi) is 9.21. The predicted octanol–water partition coefficient (Wildman–Crippen LogP) is 4.60.